The van der Waals surface area contributed by atoms with E-state index >= 15 is 0 Å². The highest BCUT2D eigenvalue weighted by molar-refractivity contribution is 5.70. The molecule has 0 radical (unpaired) electrons. The highest BCUT2D eigenvalue weighted by Gasteiger charge is 2.09. The van der Waals surface area contributed by atoms with Gasteiger partial charge in [-0.3, -0.25) is 0 Å². The predicted molar refractivity (Wildman–Crippen MR) is 56.4 cm³/mol. The third-order valence-corrected chi connectivity index (χ3v) is 2.58. The first kappa shape index (κ1) is 8.52. The Morgan fingerprint density at radius 2 is 2.08 bits per heavy atom. The smallest absolute Gasteiger partial charge is 0.00366 e. The summed E-state index contributed by atoms with van der Waals surface area (Å²) in [4.78, 5) is 0. The van der Waals surface area contributed by atoms with Crippen molar-refractivity contribution in [3.05, 3.63) is 41.5 Å². The minimum Gasteiger partial charge on any atom is -0.330 e. The molecule has 1 heteroatoms. The van der Waals surface area contributed by atoms with Crippen molar-refractivity contribution in [2.75, 3.05) is 6.54 Å². The van der Waals surface area contributed by atoms with Crippen LogP contribution in [0.15, 0.2) is 30.3 Å². The summed E-state index contributed by atoms with van der Waals surface area (Å²) in [6, 6.07) is 8.65. The molecule has 0 bridgehead atoms. The number of nitrogens with two attached hydrogens (primary N) is 1. The Kier molecular flexibility index (Phi) is 2.46. The first-order chi connectivity index (χ1) is 6.42. The molecule has 0 saturated carbocycles. The third-order valence-electron chi connectivity index (χ3n) is 2.58. The Bertz CT molecular complexity index is 326. The maximum Gasteiger partial charge on any atom is -0.00366 e. The summed E-state index contributed by atoms with van der Waals surface area (Å²) in [5.41, 5.74) is 9.91. The molecule has 1 aromatic carbocycles. The molecule has 0 aliphatic heterocycles. The number of hydrogen-bond donors (Lipinski definition) is 1. The van der Waals surface area contributed by atoms with Gasteiger partial charge in [-0.2, -0.15) is 0 Å². The van der Waals surface area contributed by atoms with Crippen LogP contribution in [-0.4, -0.2) is 6.54 Å². The molecule has 2 N–H and O–H groups in total. The number of benzene rings is 1. The van der Waals surface area contributed by atoms with Gasteiger partial charge in [-0.15, -0.1) is 0 Å². The van der Waals surface area contributed by atoms with Crippen LogP contribution in [0.4, 0.5) is 0 Å². The van der Waals surface area contributed by atoms with Crippen LogP contribution in [0.25, 0.3) is 5.57 Å². The van der Waals surface area contributed by atoms with Gasteiger partial charge < -0.3 is 5.73 Å². The molecule has 2 rings (SSSR count). The number of rotatable bonds is 2. The maximum absolute atomic E-state index is 5.58. The maximum atomic E-state index is 5.58. The van der Waals surface area contributed by atoms with E-state index in [4.69, 9.17) is 5.73 Å². The molecule has 1 nitrogen and oxygen atoms in total. The lowest BCUT2D eigenvalue weighted by molar-refractivity contribution is 0.940. The largest absolute Gasteiger partial charge is 0.330 e. The fourth-order valence-corrected chi connectivity index (χ4v) is 1.96. The lowest BCUT2D eigenvalue weighted by Gasteiger charge is -2.16. The normalized spacial score (nSPS) is 15.0. The van der Waals surface area contributed by atoms with Gasteiger partial charge in [-0.05, 0) is 42.5 Å². The average Bonchev–Trinajstić information content (AvgIpc) is 2.19. The average molecular weight is 173 g/mol. The zero-order valence-electron chi connectivity index (χ0n) is 7.79. The van der Waals surface area contributed by atoms with Crippen molar-refractivity contribution in [3.8, 4) is 0 Å². The van der Waals surface area contributed by atoms with Crippen LogP contribution < -0.4 is 5.73 Å². The van der Waals surface area contributed by atoms with Crippen LogP contribution in [0.3, 0.4) is 0 Å². The molecular formula is C12H15N. The van der Waals surface area contributed by atoms with Crippen molar-refractivity contribution in [1.29, 1.82) is 0 Å². The number of aryl methyl sites for hydroxylation is 1. The number of hydrogen-bond acceptors (Lipinski definition) is 1. The molecule has 1 aliphatic rings. The molecule has 0 aromatic heterocycles. The van der Waals surface area contributed by atoms with Crippen LogP contribution >= 0.6 is 0 Å². The van der Waals surface area contributed by atoms with Gasteiger partial charge in [0.15, 0.2) is 0 Å². The van der Waals surface area contributed by atoms with Crippen molar-refractivity contribution in [1.82, 2.24) is 0 Å². The second kappa shape index (κ2) is 3.75. The Balaban J connectivity index is 2.36. The van der Waals surface area contributed by atoms with E-state index in [1.54, 1.807) is 0 Å². The molecular weight excluding hydrogens is 158 g/mol. The molecule has 0 unspecified atom stereocenters. The Morgan fingerprint density at radius 3 is 2.92 bits per heavy atom. The quantitative estimate of drug-likeness (QED) is 0.730. The monoisotopic (exact) mass is 173 g/mol. The van der Waals surface area contributed by atoms with Gasteiger partial charge in [0.1, 0.15) is 0 Å². The van der Waals surface area contributed by atoms with Crippen LogP contribution in [0, 0.1) is 0 Å². The molecule has 0 heterocycles. The highest BCUT2D eigenvalue weighted by atomic mass is 14.5. The predicted octanol–water partition coefficient (Wildman–Crippen LogP) is 2.37. The van der Waals surface area contributed by atoms with Gasteiger partial charge >= 0.3 is 0 Å². The van der Waals surface area contributed by atoms with E-state index < -0.39 is 0 Å². The van der Waals surface area contributed by atoms with E-state index in [0.29, 0.717) is 0 Å². The molecule has 0 saturated heterocycles. The van der Waals surface area contributed by atoms with Crippen LogP contribution in [0.1, 0.15) is 24.0 Å². The van der Waals surface area contributed by atoms with Gasteiger partial charge in [0.25, 0.3) is 0 Å². The second-order valence-corrected chi connectivity index (χ2v) is 3.46. The Morgan fingerprint density at radius 1 is 1.23 bits per heavy atom. The van der Waals surface area contributed by atoms with Gasteiger partial charge in [-0.1, -0.05) is 30.3 Å². The van der Waals surface area contributed by atoms with Crippen molar-refractivity contribution in [3.63, 3.8) is 0 Å². The molecule has 13 heavy (non-hydrogen) atoms. The summed E-state index contributed by atoms with van der Waals surface area (Å²) in [7, 11) is 0. The first-order valence-corrected chi connectivity index (χ1v) is 4.89. The molecule has 1 aliphatic carbocycles. The van der Waals surface area contributed by atoms with Gasteiger partial charge in [0, 0.05) is 0 Å². The topological polar surface area (TPSA) is 26.0 Å². The summed E-state index contributed by atoms with van der Waals surface area (Å²) >= 11 is 0. The first-order valence-electron chi connectivity index (χ1n) is 4.89. The third kappa shape index (κ3) is 1.65. The molecule has 0 fully saturated rings. The van der Waals surface area contributed by atoms with E-state index in [1.807, 2.05) is 0 Å². The zero-order chi connectivity index (χ0) is 9.10. The summed E-state index contributed by atoms with van der Waals surface area (Å²) in [6.07, 6.45) is 5.70. The van der Waals surface area contributed by atoms with E-state index in [9.17, 15) is 0 Å². The van der Waals surface area contributed by atoms with E-state index in [0.717, 1.165) is 13.0 Å². The van der Waals surface area contributed by atoms with Crippen molar-refractivity contribution >= 4 is 5.57 Å². The van der Waals surface area contributed by atoms with Gasteiger partial charge in [0.05, 0.1) is 0 Å². The van der Waals surface area contributed by atoms with Crippen LogP contribution in [0.2, 0.25) is 0 Å². The summed E-state index contributed by atoms with van der Waals surface area (Å²) in [6.45, 7) is 0.750. The summed E-state index contributed by atoms with van der Waals surface area (Å²) in [5.74, 6) is 0. The zero-order valence-corrected chi connectivity index (χ0v) is 7.79. The molecule has 68 valence electrons. The molecule has 1 aromatic rings. The lowest BCUT2D eigenvalue weighted by atomic mass is 9.89. The minimum absolute atomic E-state index is 0.750. The van der Waals surface area contributed by atoms with Crippen molar-refractivity contribution in [2.24, 2.45) is 5.73 Å². The Labute approximate surface area is 79.3 Å². The fraction of sp³-hybridized carbons (Fsp3) is 0.333. The van der Waals surface area contributed by atoms with Crippen molar-refractivity contribution < 1.29 is 0 Å². The van der Waals surface area contributed by atoms with E-state index in [1.165, 1.54) is 29.5 Å². The van der Waals surface area contributed by atoms with Gasteiger partial charge in [0.2, 0.25) is 0 Å². The molecule has 0 spiro atoms. The highest BCUT2D eigenvalue weighted by Crippen LogP contribution is 2.27. The number of allylic oxidation sites excluding steroid dienone is 1. The van der Waals surface area contributed by atoms with Crippen LogP contribution in [-0.2, 0) is 6.42 Å². The number of fused-ring (bicyclic) bond motifs is 1. The SMILES string of the molecule is NCCC1=CCCc2ccccc21. The second-order valence-electron chi connectivity index (χ2n) is 3.46. The summed E-state index contributed by atoms with van der Waals surface area (Å²) < 4.78 is 0. The minimum atomic E-state index is 0.750. The van der Waals surface area contributed by atoms with E-state index in [-0.39, 0.29) is 0 Å². The fourth-order valence-electron chi connectivity index (χ4n) is 1.96. The van der Waals surface area contributed by atoms with Gasteiger partial charge in [-0.25, -0.2) is 0 Å². The molecule has 0 amide bonds. The standard InChI is InChI=1S/C12H15N/c13-9-8-11-6-3-5-10-4-1-2-7-12(10)11/h1-2,4,6-7H,3,5,8-9,13H2. The summed E-state index contributed by atoms with van der Waals surface area (Å²) in [5, 5.41) is 0. The Hall–Kier alpha value is -1.08. The van der Waals surface area contributed by atoms with E-state index in [2.05, 4.69) is 30.3 Å². The van der Waals surface area contributed by atoms with Crippen LogP contribution in [0.5, 0.6) is 0 Å². The molecule has 0 atom stereocenters. The van der Waals surface area contributed by atoms with Crippen molar-refractivity contribution in [2.45, 2.75) is 19.3 Å². The lowest BCUT2D eigenvalue weighted by Crippen LogP contribution is -2.04.